The Hall–Kier alpha value is -2.29. The summed E-state index contributed by atoms with van der Waals surface area (Å²) in [7, 11) is 3.00. The number of Topliss-reactive ketones (excluding diaryl/α,β-unsaturated/α-hetero) is 2. The second kappa shape index (κ2) is 43.4. The lowest BCUT2D eigenvalue weighted by atomic mass is 10.3. The van der Waals surface area contributed by atoms with E-state index in [-0.39, 0.29) is 37.8 Å². The van der Waals surface area contributed by atoms with Crippen LogP contribution >= 0.6 is 0 Å². The molecule has 0 bridgehead atoms. The van der Waals surface area contributed by atoms with Crippen molar-refractivity contribution in [2.45, 2.75) is 42.5 Å². The molecule has 160 valence electrons. The van der Waals surface area contributed by atoms with Crippen LogP contribution in [0.15, 0.2) is 36.6 Å². The molecule has 0 unspecified atom stereocenters. The highest BCUT2D eigenvalue weighted by Gasteiger charge is 1.90. The van der Waals surface area contributed by atoms with Crippen LogP contribution < -0.4 is 0 Å². The molecule has 0 spiro atoms. The number of carboxylic acids is 1. The number of hydrogen-bond donors (Lipinski definition) is 5. The van der Waals surface area contributed by atoms with E-state index < -0.39 is 5.97 Å². The highest BCUT2D eigenvalue weighted by atomic mass is 16.4. The van der Waals surface area contributed by atoms with E-state index in [9.17, 15) is 14.4 Å². The molecule has 5 N–H and O–H groups in total. The van der Waals surface area contributed by atoms with Crippen LogP contribution in [0.1, 0.15) is 42.5 Å². The van der Waals surface area contributed by atoms with Crippen molar-refractivity contribution in [3.63, 3.8) is 0 Å². The Bertz CT molecular complexity index is 278. The summed E-state index contributed by atoms with van der Waals surface area (Å²) in [5.74, 6) is -1.63. The quantitative estimate of drug-likeness (QED) is 0.367. The number of hydrogen-bond acceptors (Lipinski definition) is 7. The summed E-state index contributed by atoms with van der Waals surface area (Å²) in [5, 5.41) is 37.0. The number of rotatable bonds is 3. The van der Waals surface area contributed by atoms with E-state index in [0.29, 0.717) is 5.57 Å². The third kappa shape index (κ3) is 98.8. The molecule has 0 heterocycles. The van der Waals surface area contributed by atoms with Crippen LogP contribution in [-0.4, -0.2) is 64.4 Å². The van der Waals surface area contributed by atoms with E-state index in [4.69, 9.17) is 25.5 Å². The summed E-state index contributed by atoms with van der Waals surface area (Å²) < 4.78 is 0. The first-order valence-corrected chi connectivity index (χ1v) is 6.21. The molecule has 0 amide bonds. The summed E-state index contributed by atoms with van der Waals surface area (Å²) in [6.45, 7) is 15.4. The predicted octanol–water partition coefficient (Wildman–Crippen LogP) is 2.54. The van der Waals surface area contributed by atoms with Gasteiger partial charge >= 0.3 is 5.97 Å². The number of aliphatic hydroxyl groups excluding tert-OH is 4. The Morgan fingerprint density at radius 3 is 0.692 bits per heavy atom. The first-order valence-electron chi connectivity index (χ1n) is 6.21. The van der Waals surface area contributed by atoms with Crippen LogP contribution in [0.2, 0.25) is 0 Å². The van der Waals surface area contributed by atoms with Crippen molar-refractivity contribution in [1.29, 1.82) is 0 Å². The van der Waals surface area contributed by atoms with Gasteiger partial charge in [0.05, 0.1) is 0 Å². The maximum absolute atomic E-state index is 10.0. The molecule has 0 radical (unpaired) electrons. The van der Waals surface area contributed by atoms with Crippen LogP contribution in [0.3, 0.4) is 0 Å². The van der Waals surface area contributed by atoms with Gasteiger partial charge in [0.2, 0.25) is 0 Å². The minimum atomic E-state index is -0.935. The molecule has 0 rings (SSSR count). The number of ketones is 2. The number of carbonyl (C=O) groups is 3. The van der Waals surface area contributed by atoms with Crippen LogP contribution in [0.25, 0.3) is 0 Å². The van der Waals surface area contributed by atoms with E-state index in [2.05, 4.69) is 19.7 Å². The first kappa shape index (κ1) is 49.5. The van der Waals surface area contributed by atoms with Gasteiger partial charge in [-0.3, -0.25) is 9.59 Å². The number of carboxylic acid groups (broad SMARTS) is 1. The van der Waals surface area contributed by atoms with Gasteiger partial charge in [0, 0.05) is 33.8 Å². The molecule has 0 atom stereocenters. The second-order valence-corrected chi connectivity index (χ2v) is 3.42. The lowest BCUT2D eigenvalue weighted by Crippen LogP contribution is -1.92. The van der Waals surface area contributed by atoms with Gasteiger partial charge in [0.1, 0.15) is 0 Å². The van der Waals surface area contributed by atoms with Gasteiger partial charge in [0.25, 0.3) is 0 Å². The van der Waals surface area contributed by atoms with Gasteiger partial charge in [-0.05, 0) is 26.3 Å². The zero-order valence-corrected chi connectivity index (χ0v) is 15.6. The molecule has 0 aliphatic rings. The molecule has 0 aliphatic heterocycles. The fraction of sp³-hybridized carbons (Fsp3) is 0.500. The van der Waals surface area contributed by atoms with Crippen molar-refractivity contribution in [3.05, 3.63) is 36.6 Å². The third-order valence-electron chi connectivity index (χ3n) is 1.37. The molecule has 0 aromatic rings. The van der Waals surface area contributed by atoms with Crippen molar-refractivity contribution < 1.29 is 39.9 Å². The smallest absolute Gasteiger partial charge is 0.330 e. The summed E-state index contributed by atoms with van der Waals surface area (Å²) in [6, 6.07) is 0. The molecule has 26 heavy (non-hydrogen) atoms. The van der Waals surface area contributed by atoms with Gasteiger partial charge < -0.3 is 25.5 Å². The zero-order valence-electron chi connectivity index (χ0n) is 15.6. The van der Waals surface area contributed by atoms with Crippen molar-refractivity contribution in [1.82, 2.24) is 0 Å². The molecular weight excluding hydrogens is 344 g/mol. The lowest BCUT2D eigenvalue weighted by Gasteiger charge is -1.80. The molecule has 0 aromatic heterocycles. The number of carbonyl (C=O) groups excluding carboxylic acids is 2. The predicted molar refractivity (Wildman–Crippen MR) is 108 cm³/mol. The molecule has 8 nitrogen and oxygen atoms in total. The van der Waals surface area contributed by atoms with Gasteiger partial charge in [-0.1, -0.05) is 34.6 Å². The molecule has 0 aliphatic carbocycles. The molecule has 0 saturated heterocycles. The molecule has 0 aromatic carbocycles. The normalized spacial score (nSPS) is 5.92. The zero-order chi connectivity index (χ0) is 21.5. The van der Waals surface area contributed by atoms with Gasteiger partial charge in [-0.2, -0.15) is 0 Å². The van der Waals surface area contributed by atoms with Crippen LogP contribution in [-0.2, 0) is 14.4 Å². The highest BCUT2D eigenvalue weighted by Crippen LogP contribution is 1.84. The number of aliphatic carboxylic acids is 1. The highest BCUT2D eigenvalue weighted by molar-refractivity contribution is 5.91. The lowest BCUT2D eigenvalue weighted by molar-refractivity contribution is -0.132. The molecule has 0 saturated carbocycles. The van der Waals surface area contributed by atoms with Crippen LogP contribution in [0.5, 0.6) is 0 Å². The average Bonchev–Trinajstić information content (AvgIpc) is 2.54. The van der Waals surface area contributed by atoms with Crippen molar-refractivity contribution >= 4 is 17.5 Å². The third-order valence-corrected chi connectivity index (χ3v) is 1.37. The topological polar surface area (TPSA) is 152 Å². The average molecular weight is 385 g/mol. The molecular formula is C18H40O8. The standard InChI is InChI=1S/C5H8O.2C4H6O2.3CH4O.2CH4/c1-4(2)5(3)6;1-3(5)4(2)6;1-3(2)4(5)6;3*1-2;;/h1H2,2-3H3;5H,1H2,2H3;1H2,2H3,(H,5,6);3*2H,1H3;2*1H4. The summed E-state index contributed by atoms with van der Waals surface area (Å²) in [4.78, 5) is 29.4. The summed E-state index contributed by atoms with van der Waals surface area (Å²) >= 11 is 0. The van der Waals surface area contributed by atoms with Crippen molar-refractivity contribution in [2.24, 2.45) is 0 Å². The molecule has 8 heteroatoms. The van der Waals surface area contributed by atoms with Gasteiger partial charge in [-0.15, -0.1) is 0 Å². The summed E-state index contributed by atoms with van der Waals surface area (Å²) in [6.07, 6.45) is 0. The van der Waals surface area contributed by atoms with Gasteiger partial charge in [0.15, 0.2) is 17.3 Å². The maximum Gasteiger partial charge on any atom is 0.330 e. The van der Waals surface area contributed by atoms with E-state index in [1.165, 1.54) is 20.8 Å². The minimum absolute atomic E-state index is 0. The second-order valence-electron chi connectivity index (χ2n) is 3.42. The van der Waals surface area contributed by atoms with E-state index in [0.717, 1.165) is 21.3 Å². The first-order chi connectivity index (χ1) is 10.9. The number of aliphatic hydroxyl groups is 4. The Labute approximate surface area is 158 Å². The van der Waals surface area contributed by atoms with Crippen molar-refractivity contribution in [3.8, 4) is 0 Å². The Morgan fingerprint density at radius 2 is 0.692 bits per heavy atom. The monoisotopic (exact) mass is 384 g/mol. The maximum atomic E-state index is 10.0. The largest absolute Gasteiger partial charge is 0.505 e. The fourth-order valence-corrected chi connectivity index (χ4v) is 0. The van der Waals surface area contributed by atoms with Crippen LogP contribution in [0.4, 0.5) is 0 Å². The van der Waals surface area contributed by atoms with Crippen LogP contribution in [0, 0.1) is 0 Å². The Morgan fingerprint density at radius 1 is 0.577 bits per heavy atom. The van der Waals surface area contributed by atoms with Gasteiger partial charge in [-0.25, -0.2) is 4.79 Å². The van der Waals surface area contributed by atoms with E-state index in [1.807, 2.05) is 0 Å². The Balaban J connectivity index is -0.0000000262. The SMILES string of the molecule is C.C.C=C(C)C(=O)O.C=C(C)C(C)=O.C=C(O)C(C)=O.CO.CO.CO. The fourth-order valence-electron chi connectivity index (χ4n) is 0. The Kier molecular flexibility index (Phi) is 82.6. The van der Waals surface area contributed by atoms with E-state index in [1.54, 1.807) is 6.92 Å². The van der Waals surface area contributed by atoms with E-state index >= 15 is 0 Å². The molecule has 0 fully saturated rings. The summed E-state index contributed by atoms with van der Waals surface area (Å²) in [5.41, 5.74) is 0.796. The minimum Gasteiger partial charge on any atom is -0.505 e. The number of allylic oxidation sites excluding steroid dienone is 2. The van der Waals surface area contributed by atoms with Crippen molar-refractivity contribution in [2.75, 3.05) is 21.3 Å².